The maximum absolute atomic E-state index is 6.53. The Balaban J connectivity index is 2.47. The van der Waals surface area contributed by atoms with Crippen LogP contribution in [0.4, 0.5) is 0 Å². The second-order valence-corrected chi connectivity index (χ2v) is 9.20. The van der Waals surface area contributed by atoms with Gasteiger partial charge in [-0.3, -0.25) is 0 Å². The van der Waals surface area contributed by atoms with E-state index in [1.165, 1.54) is 21.6 Å². The lowest BCUT2D eigenvalue weighted by molar-refractivity contribution is 0.787. The van der Waals surface area contributed by atoms with Gasteiger partial charge in [0.25, 0.3) is 0 Å². The zero-order chi connectivity index (χ0) is 15.7. The van der Waals surface area contributed by atoms with Crippen LogP contribution >= 0.6 is 43.2 Å². The van der Waals surface area contributed by atoms with Gasteiger partial charge in [-0.25, -0.2) is 0 Å². The first-order chi connectivity index (χ1) is 9.81. The average molecular weight is 431 g/mol. The van der Waals surface area contributed by atoms with E-state index in [9.17, 15) is 0 Å². The highest BCUT2D eigenvalue weighted by molar-refractivity contribution is 9.13. The molecule has 0 aliphatic heterocycles. The Morgan fingerprint density at radius 2 is 1.62 bits per heavy atom. The van der Waals surface area contributed by atoms with Gasteiger partial charge in [-0.15, -0.1) is 11.3 Å². The Morgan fingerprint density at radius 1 is 0.952 bits per heavy atom. The van der Waals surface area contributed by atoms with Crippen LogP contribution in [0, 0.1) is 0 Å². The first-order valence-electron chi connectivity index (χ1n) is 7.15. The molecule has 21 heavy (non-hydrogen) atoms. The van der Waals surface area contributed by atoms with Crippen LogP contribution in [0.2, 0.25) is 0 Å². The first-order valence-corrected chi connectivity index (χ1v) is 9.55. The summed E-state index contributed by atoms with van der Waals surface area (Å²) in [4.78, 5) is 1.17. The minimum absolute atomic E-state index is 0.0730. The van der Waals surface area contributed by atoms with Crippen molar-refractivity contribution in [2.45, 2.75) is 45.6 Å². The molecule has 0 aliphatic rings. The lowest BCUT2D eigenvalue weighted by Crippen LogP contribution is -2.14. The predicted octanol–water partition coefficient (Wildman–Crippen LogP) is 6.57. The molecule has 0 aliphatic carbocycles. The topological polar surface area (TPSA) is 26.0 Å². The smallest absolute Gasteiger partial charge is 0.0843 e. The van der Waals surface area contributed by atoms with Crippen LogP contribution in [0.5, 0.6) is 0 Å². The normalized spacial score (nSPS) is 13.2. The van der Waals surface area contributed by atoms with Crippen molar-refractivity contribution in [3.63, 3.8) is 0 Å². The van der Waals surface area contributed by atoms with Gasteiger partial charge in [0.1, 0.15) is 0 Å². The maximum Gasteiger partial charge on any atom is 0.0843 e. The molecule has 114 valence electrons. The van der Waals surface area contributed by atoms with Gasteiger partial charge in [-0.05, 0) is 66.5 Å². The molecule has 0 spiro atoms. The largest absolute Gasteiger partial charge is 0.320 e. The number of halogens is 2. The Labute approximate surface area is 148 Å². The molecule has 1 atom stereocenters. The summed E-state index contributed by atoms with van der Waals surface area (Å²) in [6, 6.07) is 8.78. The number of hydrogen-bond acceptors (Lipinski definition) is 2. The Morgan fingerprint density at radius 3 is 2.10 bits per heavy atom. The van der Waals surface area contributed by atoms with Crippen molar-refractivity contribution in [2.24, 2.45) is 5.73 Å². The second kappa shape index (κ2) is 6.95. The third kappa shape index (κ3) is 3.79. The molecule has 0 fully saturated rings. The molecular weight excluding hydrogens is 410 g/mol. The third-order valence-corrected chi connectivity index (χ3v) is 7.04. The van der Waals surface area contributed by atoms with Crippen molar-refractivity contribution in [3.8, 4) is 0 Å². The fraction of sp³-hybridized carbons (Fsp3) is 0.412. The molecule has 2 N–H and O–H groups in total. The highest BCUT2D eigenvalue weighted by Gasteiger charge is 2.19. The predicted molar refractivity (Wildman–Crippen MR) is 100 cm³/mol. The monoisotopic (exact) mass is 429 g/mol. The van der Waals surface area contributed by atoms with Gasteiger partial charge >= 0.3 is 0 Å². The maximum atomic E-state index is 6.53. The molecule has 1 nitrogen and oxygen atoms in total. The zero-order valence-corrected chi connectivity index (χ0v) is 16.8. The molecule has 0 saturated carbocycles. The molecule has 2 aromatic rings. The van der Waals surface area contributed by atoms with Crippen LogP contribution < -0.4 is 5.73 Å². The molecule has 0 radical (unpaired) electrons. The summed E-state index contributed by atoms with van der Waals surface area (Å²) in [7, 11) is 0. The van der Waals surface area contributed by atoms with Crippen molar-refractivity contribution in [1.29, 1.82) is 0 Å². The summed E-state index contributed by atoms with van der Waals surface area (Å²) in [6.07, 6.45) is 0. The molecule has 1 unspecified atom stereocenters. The molecule has 4 heteroatoms. The number of benzene rings is 1. The summed E-state index contributed by atoms with van der Waals surface area (Å²) in [5, 5.41) is 0. The van der Waals surface area contributed by atoms with Gasteiger partial charge in [0.2, 0.25) is 0 Å². The van der Waals surface area contributed by atoms with Crippen molar-refractivity contribution >= 4 is 43.2 Å². The lowest BCUT2D eigenvalue weighted by Gasteiger charge is -2.20. The summed E-state index contributed by atoms with van der Waals surface area (Å²) in [5.74, 6) is 1.01. The highest BCUT2D eigenvalue weighted by atomic mass is 79.9. The summed E-state index contributed by atoms with van der Waals surface area (Å²) in [6.45, 7) is 8.92. The van der Waals surface area contributed by atoms with E-state index in [1.807, 2.05) is 0 Å². The quantitative estimate of drug-likeness (QED) is 0.583. The van der Waals surface area contributed by atoms with Crippen LogP contribution in [-0.2, 0) is 0 Å². The van der Waals surface area contributed by atoms with E-state index in [0.29, 0.717) is 11.8 Å². The average Bonchev–Trinajstić information content (AvgIpc) is 2.77. The lowest BCUT2D eigenvalue weighted by atomic mass is 9.88. The van der Waals surface area contributed by atoms with Crippen molar-refractivity contribution in [3.05, 3.63) is 54.1 Å². The SMILES string of the molecule is CC(C)c1ccc(C(N)c2cc(Br)c(Br)s2)c(C(C)C)c1. The van der Waals surface area contributed by atoms with E-state index in [2.05, 4.69) is 83.8 Å². The van der Waals surface area contributed by atoms with Crippen LogP contribution in [0.15, 0.2) is 32.5 Å². The molecule has 0 saturated heterocycles. The van der Waals surface area contributed by atoms with Gasteiger partial charge in [-0.1, -0.05) is 45.9 Å². The molecule has 1 aromatic heterocycles. The Bertz CT molecular complexity index is 612. The van der Waals surface area contributed by atoms with Gasteiger partial charge in [0.05, 0.1) is 9.83 Å². The van der Waals surface area contributed by atoms with Gasteiger partial charge < -0.3 is 5.73 Å². The standard InChI is InChI=1S/C17H21Br2NS/c1-9(2)11-5-6-12(13(7-11)10(3)4)16(20)15-8-14(18)17(19)21-15/h5-10,16H,20H2,1-4H3. The molecule has 1 aromatic carbocycles. The Hall–Kier alpha value is -0.160. The van der Waals surface area contributed by atoms with Crippen molar-refractivity contribution < 1.29 is 0 Å². The van der Waals surface area contributed by atoms with E-state index in [-0.39, 0.29) is 6.04 Å². The molecule has 0 amide bonds. The van der Waals surface area contributed by atoms with E-state index in [0.717, 1.165) is 8.26 Å². The fourth-order valence-corrected chi connectivity index (χ4v) is 4.52. The first kappa shape index (κ1) is 17.2. The number of hydrogen-bond donors (Lipinski definition) is 1. The van der Waals surface area contributed by atoms with E-state index in [1.54, 1.807) is 11.3 Å². The number of nitrogens with two attached hydrogens (primary N) is 1. The molecule has 0 bridgehead atoms. The minimum atomic E-state index is -0.0730. The van der Waals surface area contributed by atoms with E-state index >= 15 is 0 Å². The zero-order valence-electron chi connectivity index (χ0n) is 12.8. The summed E-state index contributed by atoms with van der Waals surface area (Å²) < 4.78 is 2.17. The summed E-state index contributed by atoms with van der Waals surface area (Å²) in [5.41, 5.74) is 10.5. The molecule has 1 heterocycles. The van der Waals surface area contributed by atoms with Crippen molar-refractivity contribution in [1.82, 2.24) is 0 Å². The molecular formula is C17H21Br2NS. The third-order valence-electron chi connectivity index (χ3n) is 3.71. The fourth-order valence-electron chi connectivity index (χ4n) is 2.41. The molecule has 2 rings (SSSR count). The highest BCUT2D eigenvalue weighted by Crippen LogP contribution is 2.38. The van der Waals surface area contributed by atoms with Crippen LogP contribution in [-0.4, -0.2) is 0 Å². The Kier molecular flexibility index (Phi) is 5.69. The van der Waals surface area contributed by atoms with Gasteiger partial charge in [0, 0.05) is 9.35 Å². The van der Waals surface area contributed by atoms with Crippen LogP contribution in [0.25, 0.3) is 0 Å². The van der Waals surface area contributed by atoms with Gasteiger partial charge in [-0.2, -0.15) is 0 Å². The number of rotatable bonds is 4. The van der Waals surface area contributed by atoms with E-state index < -0.39 is 0 Å². The number of thiophene rings is 1. The van der Waals surface area contributed by atoms with Crippen LogP contribution in [0.1, 0.15) is 67.1 Å². The van der Waals surface area contributed by atoms with E-state index in [4.69, 9.17) is 5.73 Å². The minimum Gasteiger partial charge on any atom is -0.320 e. The van der Waals surface area contributed by atoms with Crippen molar-refractivity contribution in [2.75, 3.05) is 0 Å². The second-order valence-electron chi connectivity index (χ2n) is 5.95. The van der Waals surface area contributed by atoms with Gasteiger partial charge in [0.15, 0.2) is 0 Å². The summed E-state index contributed by atoms with van der Waals surface area (Å²) >= 11 is 8.79. The van der Waals surface area contributed by atoms with Crippen LogP contribution in [0.3, 0.4) is 0 Å².